The van der Waals surface area contributed by atoms with Crippen molar-refractivity contribution in [3.63, 3.8) is 0 Å². The molecule has 1 aromatic rings. The van der Waals surface area contributed by atoms with Crippen molar-refractivity contribution in [2.24, 2.45) is 17.0 Å². The maximum Gasteiger partial charge on any atom is 0.310 e. The van der Waals surface area contributed by atoms with Crippen molar-refractivity contribution in [2.75, 3.05) is 13.2 Å². The van der Waals surface area contributed by atoms with Crippen LogP contribution in [0.3, 0.4) is 0 Å². The zero-order chi connectivity index (χ0) is 17.1. The highest BCUT2D eigenvalue weighted by atomic mass is 19.1. The number of hydrogen-bond donors (Lipinski definition) is 2. The second-order valence-electron chi connectivity index (χ2n) is 5.10. The lowest BCUT2D eigenvalue weighted by atomic mass is 10.0. The molecule has 0 saturated heterocycles. The summed E-state index contributed by atoms with van der Waals surface area (Å²) >= 11 is 0. The van der Waals surface area contributed by atoms with Crippen molar-refractivity contribution in [1.82, 2.24) is 5.32 Å². The summed E-state index contributed by atoms with van der Waals surface area (Å²) in [5.41, 5.74) is 1.28. The second kappa shape index (κ2) is 10.7. The summed E-state index contributed by atoms with van der Waals surface area (Å²) in [4.78, 5) is 15.9. The second-order valence-corrected chi connectivity index (χ2v) is 5.10. The predicted octanol–water partition coefficient (Wildman–Crippen LogP) is 2.12. The number of ether oxygens (including phenoxy) is 1. The van der Waals surface area contributed by atoms with E-state index in [2.05, 4.69) is 15.4 Å². The average molecular weight is 325 g/mol. The van der Waals surface area contributed by atoms with Gasteiger partial charge in [-0.05, 0) is 42.7 Å². The highest BCUT2D eigenvalue weighted by Gasteiger charge is 2.18. The van der Waals surface area contributed by atoms with Crippen LogP contribution in [0, 0.1) is 11.7 Å². The molecule has 128 valence electrons. The molecule has 6 nitrogen and oxygen atoms in total. The third-order valence-corrected chi connectivity index (χ3v) is 3.22. The van der Waals surface area contributed by atoms with Gasteiger partial charge in [0.25, 0.3) is 0 Å². The van der Waals surface area contributed by atoms with Crippen LogP contribution >= 0.6 is 0 Å². The Labute approximate surface area is 135 Å². The van der Waals surface area contributed by atoms with Gasteiger partial charge in [0, 0.05) is 13.1 Å². The van der Waals surface area contributed by atoms with Crippen LogP contribution in [0.25, 0.3) is 0 Å². The maximum absolute atomic E-state index is 13.6. The first kappa shape index (κ1) is 19.1. The highest BCUT2D eigenvalue weighted by Crippen LogP contribution is 2.10. The Balaban J connectivity index is 2.60. The molecule has 1 unspecified atom stereocenters. The summed E-state index contributed by atoms with van der Waals surface area (Å²) < 4.78 is 18.6. The fourth-order valence-electron chi connectivity index (χ4n) is 2.25. The molecule has 0 aromatic heterocycles. The Kier molecular flexibility index (Phi) is 8.86. The molecule has 1 aromatic carbocycles. The van der Waals surface area contributed by atoms with E-state index in [9.17, 15) is 9.18 Å². The Hall–Kier alpha value is -1.99. The first-order chi connectivity index (χ1) is 11.1. The van der Waals surface area contributed by atoms with Crippen molar-refractivity contribution in [2.45, 2.75) is 33.2 Å². The van der Waals surface area contributed by atoms with Crippen molar-refractivity contribution in [3.05, 3.63) is 35.1 Å². The van der Waals surface area contributed by atoms with Crippen LogP contribution in [0.2, 0.25) is 0 Å². The Bertz CT molecular complexity index is 523. The van der Waals surface area contributed by atoms with Crippen LogP contribution in [0.4, 0.5) is 4.39 Å². The van der Waals surface area contributed by atoms with Gasteiger partial charge in [-0.1, -0.05) is 18.5 Å². The van der Waals surface area contributed by atoms with E-state index in [1.165, 1.54) is 18.3 Å². The van der Waals surface area contributed by atoms with Crippen LogP contribution in [0.5, 0.6) is 0 Å². The van der Waals surface area contributed by atoms with Crippen LogP contribution < -0.4 is 11.2 Å². The summed E-state index contributed by atoms with van der Waals surface area (Å²) in [6, 6.07) is 4.51. The van der Waals surface area contributed by atoms with Gasteiger partial charge in [-0.25, -0.2) is 4.39 Å². The number of carbonyl (C=O) groups excluding carboxylic acids is 1. The van der Waals surface area contributed by atoms with Gasteiger partial charge in [0.15, 0.2) is 0 Å². The number of nitrogens with one attached hydrogen (secondary N) is 1. The molecule has 0 aliphatic rings. The molecule has 0 spiro atoms. The number of carbonyl (C=O) groups is 1. The van der Waals surface area contributed by atoms with E-state index >= 15 is 0 Å². The standard InChI is InChI=1S/C16H24FN3O3/c1-3-5-14(16(21)22-4-2)11-19-9-12-6-13(10-20-23-18)8-15(17)7-12/h6-8,10,14,19H,3-5,9,11,18H2,1-2H3/b20-10+. The lowest BCUT2D eigenvalue weighted by Crippen LogP contribution is -2.29. The number of nitrogens with two attached hydrogens (primary N) is 1. The Morgan fingerprint density at radius 2 is 2.22 bits per heavy atom. The molecule has 7 heteroatoms. The topological polar surface area (TPSA) is 85.9 Å². The van der Waals surface area contributed by atoms with Crippen molar-refractivity contribution in [1.29, 1.82) is 0 Å². The molecule has 0 aliphatic carbocycles. The van der Waals surface area contributed by atoms with Crippen molar-refractivity contribution in [3.8, 4) is 0 Å². The van der Waals surface area contributed by atoms with E-state index in [4.69, 9.17) is 10.6 Å². The van der Waals surface area contributed by atoms with Crippen LogP contribution in [0.1, 0.15) is 37.8 Å². The number of benzene rings is 1. The number of esters is 1. The third-order valence-electron chi connectivity index (χ3n) is 3.22. The summed E-state index contributed by atoms with van der Waals surface area (Å²) in [5, 5.41) is 6.57. The summed E-state index contributed by atoms with van der Waals surface area (Å²) in [6.45, 7) is 5.09. The van der Waals surface area contributed by atoms with Gasteiger partial charge in [-0.2, -0.15) is 0 Å². The molecule has 0 fully saturated rings. The average Bonchev–Trinajstić information content (AvgIpc) is 2.52. The van der Waals surface area contributed by atoms with Crippen molar-refractivity contribution >= 4 is 12.2 Å². The largest absolute Gasteiger partial charge is 0.466 e. The van der Waals surface area contributed by atoms with Crippen molar-refractivity contribution < 1.29 is 18.9 Å². The molecular weight excluding hydrogens is 301 g/mol. The number of rotatable bonds is 10. The van der Waals surface area contributed by atoms with Gasteiger partial charge in [-0.15, -0.1) is 5.90 Å². The molecule has 3 N–H and O–H groups in total. The normalized spacial score (nSPS) is 12.3. The molecule has 0 amide bonds. The highest BCUT2D eigenvalue weighted by molar-refractivity contribution is 5.79. The zero-order valence-electron chi connectivity index (χ0n) is 13.5. The molecule has 0 bridgehead atoms. The predicted molar refractivity (Wildman–Crippen MR) is 86.0 cm³/mol. The molecular formula is C16H24FN3O3. The zero-order valence-corrected chi connectivity index (χ0v) is 13.5. The van der Waals surface area contributed by atoms with E-state index in [-0.39, 0.29) is 17.7 Å². The van der Waals surface area contributed by atoms with E-state index in [0.29, 0.717) is 25.3 Å². The lowest BCUT2D eigenvalue weighted by Gasteiger charge is -2.15. The van der Waals surface area contributed by atoms with Gasteiger partial charge in [0.05, 0.1) is 18.7 Å². The van der Waals surface area contributed by atoms with Crippen LogP contribution in [-0.2, 0) is 21.0 Å². The molecule has 23 heavy (non-hydrogen) atoms. The fraction of sp³-hybridized carbons (Fsp3) is 0.500. The Morgan fingerprint density at radius 1 is 1.43 bits per heavy atom. The molecule has 0 aliphatic heterocycles. The molecule has 0 radical (unpaired) electrons. The lowest BCUT2D eigenvalue weighted by molar-refractivity contribution is -0.148. The number of halogens is 1. The molecule has 0 heterocycles. The smallest absolute Gasteiger partial charge is 0.310 e. The fourth-order valence-corrected chi connectivity index (χ4v) is 2.25. The minimum Gasteiger partial charge on any atom is -0.466 e. The first-order valence-electron chi connectivity index (χ1n) is 7.66. The maximum atomic E-state index is 13.6. The Morgan fingerprint density at radius 3 is 2.87 bits per heavy atom. The van der Waals surface area contributed by atoms with E-state index in [1.807, 2.05) is 6.92 Å². The summed E-state index contributed by atoms with van der Waals surface area (Å²) in [6.07, 6.45) is 2.97. The van der Waals surface area contributed by atoms with E-state index in [1.54, 1.807) is 13.0 Å². The van der Waals surface area contributed by atoms with Gasteiger partial charge < -0.3 is 15.0 Å². The quantitative estimate of drug-likeness (QED) is 0.391. The number of hydrogen-bond acceptors (Lipinski definition) is 6. The monoisotopic (exact) mass is 325 g/mol. The number of oxime groups is 1. The first-order valence-corrected chi connectivity index (χ1v) is 7.66. The summed E-state index contributed by atoms with van der Waals surface area (Å²) in [5.74, 6) is 4.03. The third kappa shape index (κ3) is 7.21. The van der Waals surface area contributed by atoms with E-state index in [0.717, 1.165) is 18.4 Å². The SMILES string of the molecule is CCCC(CNCc1cc(F)cc(/C=N/ON)c1)C(=O)OCC. The van der Waals surface area contributed by atoms with Gasteiger partial charge in [-0.3, -0.25) is 4.79 Å². The van der Waals surface area contributed by atoms with Crippen LogP contribution in [-0.4, -0.2) is 25.3 Å². The van der Waals surface area contributed by atoms with Gasteiger partial charge in [0.2, 0.25) is 0 Å². The van der Waals surface area contributed by atoms with Gasteiger partial charge in [0.1, 0.15) is 5.82 Å². The minimum atomic E-state index is -0.377. The molecule has 1 atom stereocenters. The molecule has 1 rings (SSSR count). The van der Waals surface area contributed by atoms with Crippen LogP contribution in [0.15, 0.2) is 23.4 Å². The molecule has 0 saturated carbocycles. The number of nitrogens with zero attached hydrogens (tertiary/aromatic N) is 1. The van der Waals surface area contributed by atoms with E-state index < -0.39 is 0 Å². The minimum absolute atomic E-state index is 0.194. The summed E-state index contributed by atoms with van der Waals surface area (Å²) in [7, 11) is 0. The van der Waals surface area contributed by atoms with Gasteiger partial charge >= 0.3 is 5.97 Å².